The Morgan fingerprint density at radius 3 is 2.69 bits per heavy atom. The summed E-state index contributed by atoms with van der Waals surface area (Å²) >= 11 is 0. The van der Waals surface area contributed by atoms with Crippen molar-refractivity contribution in [2.24, 2.45) is 11.8 Å². The Morgan fingerprint density at radius 2 is 2.19 bits per heavy atom. The lowest BCUT2D eigenvalue weighted by Crippen LogP contribution is -2.26. The average Bonchev–Trinajstić information content (AvgIpc) is 2.16. The van der Waals surface area contributed by atoms with E-state index in [0.717, 1.165) is 0 Å². The highest BCUT2D eigenvalue weighted by Gasteiger charge is 2.22. The number of benzene rings is 1. The summed E-state index contributed by atoms with van der Waals surface area (Å²) in [5.41, 5.74) is 0. The van der Waals surface area contributed by atoms with E-state index in [1.165, 1.54) is 18.2 Å². The first-order valence-electron chi connectivity index (χ1n) is 5.12. The quantitative estimate of drug-likeness (QED) is 0.839. The largest absolute Gasteiger partial charge is 0.493 e. The molecule has 0 amide bonds. The van der Waals surface area contributed by atoms with Gasteiger partial charge in [0, 0.05) is 6.07 Å². The van der Waals surface area contributed by atoms with Gasteiger partial charge >= 0.3 is 5.97 Å². The summed E-state index contributed by atoms with van der Waals surface area (Å²) in [5, 5.41) is 8.92. The Hall–Kier alpha value is -1.58. The minimum atomic E-state index is -0.897. The van der Waals surface area contributed by atoms with E-state index < -0.39 is 17.7 Å². The van der Waals surface area contributed by atoms with E-state index in [9.17, 15) is 9.18 Å². The maximum Gasteiger partial charge on any atom is 0.310 e. The number of carboxylic acid groups (broad SMARTS) is 1. The summed E-state index contributed by atoms with van der Waals surface area (Å²) in [5.74, 6) is -1.54. The number of ether oxygens (including phenoxy) is 1. The third-order valence-corrected chi connectivity index (χ3v) is 2.35. The fraction of sp³-hybridized carbons (Fsp3) is 0.417. The molecule has 0 saturated heterocycles. The Bertz CT molecular complexity index is 363. The van der Waals surface area contributed by atoms with Crippen LogP contribution in [-0.2, 0) is 4.79 Å². The molecule has 3 nitrogen and oxygen atoms in total. The van der Waals surface area contributed by atoms with E-state index in [2.05, 4.69) is 0 Å². The molecule has 0 spiro atoms. The summed E-state index contributed by atoms with van der Waals surface area (Å²) < 4.78 is 18.1. The molecule has 1 N–H and O–H groups in total. The first-order valence-corrected chi connectivity index (χ1v) is 5.12. The number of carbonyl (C=O) groups is 1. The third-order valence-electron chi connectivity index (χ3n) is 2.35. The van der Waals surface area contributed by atoms with Crippen LogP contribution in [0.5, 0.6) is 5.75 Å². The van der Waals surface area contributed by atoms with Crippen LogP contribution in [0, 0.1) is 17.7 Å². The van der Waals surface area contributed by atoms with Gasteiger partial charge in [0.05, 0.1) is 5.92 Å². The van der Waals surface area contributed by atoms with Gasteiger partial charge in [0.1, 0.15) is 18.2 Å². The third kappa shape index (κ3) is 3.53. The minimum Gasteiger partial charge on any atom is -0.493 e. The van der Waals surface area contributed by atoms with Crippen molar-refractivity contribution in [3.8, 4) is 5.75 Å². The molecule has 16 heavy (non-hydrogen) atoms. The molecule has 0 heterocycles. The maximum atomic E-state index is 12.8. The van der Waals surface area contributed by atoms with Crippen molar-refractivity contribution in [2.45, 2.75) is 13.8 Å². The Morgan fingerprint density at radius 1 is 1.50 bits per heavy atom. The van der Waals surface area contributed by atoms with Crippen molar-refractivity contribution >= 4 is 5.97 Å². The summed E-state index contributed by atoms with van der Waals surface area (Å²) in [6, 6.07) is 5.67. The molecule has 4 heteroatoms. The molecule has 1 aromatic rings. The Labute approximate surface area is 93.9 Å². The monoisotopic (exact) mass is 226 g/mol. The van der Waals surface area contributed by atoms with Crippen LogP contribution in [0.1, 0.15) is 13.8 Å². The highest BCUT2D eigenvalue weighted by atomic mass is 19.1. The second-order valence-electron chi connectivity index (χ2n) is 3.96. The SMILES string of the molecule is CC(C)C(COc1cccc(F)c1)C(=O)O. The summed E-state index contributed by atoms with van der Waals surface area (Å²) in [6.45, 7) is 3.68. The van der Waals surface area contributed by atoms with Gasteiger partial charge in [-0.25, -0.2) is 4.39 Å². The molecule has 0 saturated carbocycles. The maximum absolute atomic E-state index is 12.8. The highest BCUT2D eigenvalue weighted by Crippen LogP contribution is 2.16. The van der Waals surface area contributed by atoms with Gasteiger partial charge in [0.2, 0.25) is 0 Å². The Balaban J connectivity index is 2.59. The van der Waals surface area contributed by atoms with Gasteiger partial charge < -0.3 is 9.84 Å². The smallest absolute Gasteiger partial charge is 0.310 e. The van der Waals surface area contributed by atoms with Crippen LogP contribution in [0.15, 0.2) is 24.3 Å². The van der Waals surface area contributed by atoms with Crippen molar-refractivity contribution in [3.05, 3.63) is 30.1 Å². The molecule has 0 aromatic heterocycles. The zero-order valence-electron chi connectivity index (χ0n) is 9.31. The van der Waals surface area contributed by atoms with Crippen molar-refractivity contribution in [1.82, 2.24) is 0 Å². The molecule has 0 aliphatic heterocycles. The van der Waals surface area contributed by atoms with E-state index >= 15 is 0 Å². The lowest BCUT2D eigenvalue weighted by Gasteiger charge is -2.16. The van der Waals surface area contributed by atoms with Crippen LogP contribution in [0.2, 0.25) is 0 Å². The van der Waals surface area contributed by atoms with E-state index in [4.69, 9.17) is 9.84 Å². The zero-order valence-corrected chi connectivity index (χ0v) is 9.31. The first kappa shape index (κ1) is 12.5. The standard InChI is InChI=1S/C12H15FO3/c1-8(2)11(12(14)15)7-16-10-5-3-4-9(13)6-10/h3-6,8,11H,7H2,1-2H3,(H,14,15). The van der Waals surface area contributed by atoms with Gasteiger partial charge in [-0.1, -0.05) is 19.9 Å². The highest BCUT2D eigenvalue weighted by molar-refractivity contribution is 5.70. The van der Waals surface area contributed by atoms with Crippen LogP contribution < -0.4 is 4.74 Å². The van der Waals surface area contributed by atoms with E-state index in [-0.39, 0.29) is 12.5 Å². The molecule has 0 aliphatic carbocycles. The van der Waals surface area contributed by atoms with Gasteiger partial charge in [0.15, 0.2) is 0 Å². The van der Waals surface area contributed by atoms with Gasteiger partial charge in [-0.3, -0.25) is 4.79 Å². The van der Waals surface area contributed by atoms with Gasteiger partial charge in [-0.15, -0.1) is 0 Å². The molecular weight excluding hydrogens is 211 g/mol. The zero-order chi connectivity index (χ0) is 12.1. The number of aliphatic carboxylic acids is 1. The molecule has 1 atom stereocenters. The van der Waals surface area contributed by atoms with Crippen LogP contribution in [0.4, 0.5) is 4.39 Å². The van der Waals surface area contributed by atoms with Crippen LogP contribution in [-0.4, -0.2) is 17.7 Å². The van der Waals surface area contributed by atoms with Crippen molar-refractivity contribution in [1.29, 1.82) is 0 Å². The van der Waals surface area contributed by atoms with Gasteiger partial charge in [-0.2, -0.15) is 0 Å². The lowest BCUT2D eigenvalue weighted by atomic mass is 9.97. The summed E-state index contributed by atoms with van der Waals surface area (Å²) in [6.07, 6.45) is 0. The van der Waals surface area contributed by atoms with Crippen molar-refractivity contribution in [2.75, 3.05) is 6.61 Å². The van der Waals surface area contributed by atoms with Gasteiger partial charge in [0.25, 0.3) is 0 Å². The summed E-state index contributed by atoms with van der Waals surface area (Å²) in [4.78, 5) is 10.9. The number of hydrogen-bond acceptors (Lipinski definition) is 2. The molecule has 0 bridgehead atoms. The number of halogens is 1. The summed E-state index contributed by atoms with van der Waals surface area (Å²) in [7, 11) is 0. The van der Waals surface area contributed by atoms with Crippen LogP contribution in [0.25, 0.3) is 0 Å². The molecule has 0 radical (unpaired) electrons. The minimum absolute atomic E-state index is 0.0222. The second kappa shape index (κ2) is 5.49. The number of carboxylic acids is 1. The van der Waals surface area contributed by atoms with Gasteiger partial charge in [-0.05, 0) is 18.1 Å². The average molecular weight is 226 g/mol. The normalized spacial score (nSPS) is 12.5. The molecule has 0 aliphatic rings. The molecule has 88 valence electrons. The van der Waals surface area contributed by atoms with E-state index in [1.54, 1.807) is 6.07 Å². The topological polar surface area (TPSA) is 46.5 Å². The molecule has 1 unspecified atom stereocenters. The molecule has 0 fully saturated rings. The number of hydrogen-bond donors (Lipinski definition) is 1. The first-order chi connectivity index (χ1) is 7.50. The molecular formula is C12H15FO3. The predicted octanol–water partition coefficient (Wildman–Crippen LogP) is 2.56. The van der Waals surface area contributed by atoms with E-state index in [0.29, 0.717) is 5.75 Å². The van der Waals surface area contributed by atoms with Crippen LogP contribution >= 0.6 is 0 Å². The fourth-order valence-corrected chi connectivity index (χ4v) is 1.29. The fourth-order valence-electron chi connectivity index (χ4n) is 1.29. The van der Waals surface area contributed by atoms with Crippen molar-refractivity contribution < 1.29 is 19.0 Å². The lowest BCUT2D eigenvalue weighted by molar-refractivity contribution is -0.144. The number of rotatable bonds is 5. The second-order valence-corrected chi connectivity index (χ2v) is 3.96. The Kier molecular flexibility index (Phi) is 4.28. The van der Waals surface area contributed by atoms with Crippen LogP contribution in [0.3, 0.4) is 0 Å². The van der Waals surface area contributed by atoms with E-state index in [1.807, 2.05) is 13.8 Å². The predicted molar refractivity (Wildman–Crippen MR) is 57.9 cm³/mol. The molecule has 1 rings (SSSR count). The molecule has 1 aromatic carbocycles. The van der Waals surface area contributed by atoms with Crippen molar-refractivity contribution in [3.63, 3.8) is 0 Å².